The average Bonchev–Trinajstić information content (AvgIpc) is 2.70. The van der Waals surface area contributed by atoms with Crippen molar-refractivity contribution in [3.05, 3.63) is 47.4 Å². The zero-order chi connectivity index (χ0) is 14.8. The minimum absolute atomic E-state index is 0.142. The van der Waals surface area contributed by atoms with Crippen LogP contribution >= 0.6 is 0 Å². The number of hydroxylamine groups is 2. The van der Waals surface area contributed by atoms with Crippen LogP contribution in [-0.4, -0.2) is 23.3 Å². The standard InChI is InChI=1S/C15H19NO4/c1-15(2,3)19-14(18)16-10-12(13(17)20-16)9-11-7-5-4-6-8-11/h4-8,17H,9-10H2,1-3H3/p-1. The minimum Gasteiger partial charge on any atom is -0.545 e. The third kappa shape index (κ3) is 3.66. The highest BCUT2D eigenvalue weighted by atomic mass is 16.8. The first-order valence-electron chi connectivity index (χ1n) is 6.46. The summed E-state index contributed by atoms with van der Waals surface area (Å²) in [5.41, 5.74) is 0.929. The molecule has 0 fully saturated rings. The van der Waals surface area contributed by atoms with Crippen molar-refractivity contribution in [1.82, 2.24) is 5.06 Å². The summed E-state index contributed by atoms with van der Waals surface area (Å²) in [7, 11) is 0. The molecule has 0 atom stereocenters. The van der Waals surface area contributed by atoms with Crippen LogP contribution in [0, 0.1) is 0 Å². The van der Waals surface area contributed by atoms with Gasteiger partial charge in [0.1, 0.15) is 5.60 Å². The summed E-state index contributed by atoms with van der Waals surface area (Å²) >= 11 is 0. The normalized spacial score (nSPS) is 15.2. The van der Waals surface area contributed by atoms with Crippen molar-refractivity contribution in [1.29, 1.82) is 0 Å². The van der Waals surface area contributed by atoms with Crippen LogP contribution in [0.4, 0.5) is 4.79 Å². The molecular weight excluding hydrogens is 258 g/mol. The van der Waals surface area contributed by atoms with Crippen LogP contribution in [0.25, 0.3) is 0 Å². The number of rotatable bonds is 2. The van der Waals surface area contributed by atoms with Crippen molar-refractivity contribution in [2.45, 2.75) is 32.8 Å². The number of ether oxygens (including phenoxy) is 1. The second-order valence-corrected chi connectivity index (χ2v) is 5.66. The zero-order valence-corrected chi connectivity index (χ0v) is 11.9. The van der Waals surface area contributed by atoms with Gasteiger partial charge in [0.2, 0.25) is 0 Å². The molecule has 0 saturated carbocycles. The summed E-state index contributed by atoms with van der Waals surface area (Å²) in [5, 5.41) is 12.7. The smallest absolute Gasteiger partial charge is 0.424 e. The molecule has 1 amide bonds. The maximum absolute atomic E-state index is 11.8. The molecule has 1 heterocycles. The summed E-state index contributed by atoms with van der Waals surface area (Å²) in [6, 6.07) is 9.57. The molecule has 1 aliphatic rings. The summed E-state index contributed by atoms with van der Waals surface area (Å²) < 4.78 is 5.16. The Morgan fingerprint density at radius 1 is 1.35 bits per heavy atom. The topological polar surface area (TPSA) is 61.8 Å². The van der Waals surface area contributed by atoms with Crippen LogP contribution in [0.5, 0.6) is 0 Å². The number of nitrogens with zero attached hydrogens (tertiary/aromatic N) is 1. The van der Waals surface area contributed by atoms with E-state index in [9.17, 15) is 9.90 Å². The van der Waals surface area contributed by atoms with Gasteiger partial charge in [0.15, 0.2) is 0 Å². The van der Waals surface area contributed by atoms with Gasteiger partial charge in [-0.15, -0.1) is 0 Å². The van der Waals surface area contributed by atoms with Gasteiger partial charge in [-0.2, -0.15) is 0 Å². The van der Waals surface area contributed by atoms with Gasteiger partial charge in [0, 0.05) is 0 Å². The van der Waals surface area contributed by atoms with Crippen LogP contribution in [0.1, 0.15) is 26.3 Å². The Hall–Kier alpha value is -2.17. The second-order valence-electron chi connectivity index (χ2n) is 5.66. The van der Waals surface area contributed by atoms with Crippen LogP contribution in [0.15, 0.2) is 41.9 Å². The first kappa shape index (κ1) is 14.2. The van der Waals surface area contributed by atoms with Gasteiger partial charge >= 0.3 is 6.09 Å². The van der Waals surface area contributed by atoms with Gasteiger partial charge in [-0.25, -0.2) is 9.86 Å². The van der Waals surface area contributed by atoms with Crippen LogP contribution in [-0.2, 0) is 16.0 Å². The average molecular weight is 276 g/mol. The maximum atomic E-state index is 11.8. The molecule has 0 N–H and O–H groups in total. The Morgan fingerprint density at radius 2 is 2.00 bits per heavy atom. The Kier molecular flexibility index (Phi) is 3.88. The van der Waals surface area contributed by atoms with E-state index in [0.29, 0.717) is 12.0 Å². The second kappa shape index (κ2) is 5.45. The molecule has 0 radical (unpaired) electrons. The Balaban J connectivity index is 1.97. The van der Waals surface area contributed by atoms with E-state index in [1.807, 2.05) is 30.3 Å². The third-order valence-electron chi connectivity index (χ3n) is 2.67. The molecule has 1 aromatic carbocycles. The van der Waals surface area contributed by atoms with Crippen LogP contribution in [0.2, 0.25) is 0 Å². The molecule has 0 bridgehead atoms. The largest absolute Gasteiger partial charge is 0.545 e. The first-order chi connectivity index (χ1) is 9.35. The number of hydrogen-bond acceptors (Lipinski definition) is 4. The van der Waals surface area contributed by atoms with Crippen molar-refractivity contribution >= 4 is 6.09 Å². The zero-order valence-electron chi connectivity index (χ0n) is 11.9. The molecule has 0 spiro atoms. The predicted octanol–water partition coefficient (Wildman–Crippen LogP) is 1.98. The molecule has 2 rings (SSSR count). The molecule has 0 aliphatic carbocycles. The fourth-order valence-corrected chi connectivity index (χ4v) is 1.82. The highest BCUT2D eigenvalue weighted by Crippen LogP contribution is 2.21. The summed E-state index contributed by atoms with van der Waals surface area (Å²) in [5.74, 6) is -0.472. The van der Waals surface area contributed by atoms with E-state index in [2.05, 4.69) is 0 Å². The van der Waals surface area contributed by atoms with Gasteiger partial charge in [-0.3, -0.25) is 0 Å². The molecular formula is C15H18NO4-. The molecule has 108 valence electrons. The summed E-state index contributed by atoms with van der Waals surface area (Å²) in [4.78, 5) is 16.8. The van der Waals surface area contributed by atoms with Gasteiger partial charge < -0.3 is 14.7 Å². The highest BCUT2D eigenvalue weighted by Gasteiger charge is 2.25. The van der Waals surface area contributed by atoms with E-state index >= 15 is 0 Å². The first-order valence-corrected chi connectivity index (χ1v) is 6.46. The minimum atomic E-state index is -0.645. The number of amides is 1. The van der Waals surface area contributed by atoms with Crippen LogP contribution < -0.4 is 5.11 Å². The Morgan fingerprint density at radius 3 is 2.60 bits per heavy atom. The number of carbonyl (C=O) groups is 1. The fraction of sp³-hybridized carbons (Fsp3) is 0.400. The quantitative estimate of drug-likeness (QED) is 0.828. The van der Waals surface area contributed by atoms with Crippen molar-refractivity contribution in [3.63, 3.8) is 0 Å². The lowest BCUT2D eigenvalue weighted by Crippen LogP contribution is -2.35. The number of benzene rings is 1. The molecule has 0 unspecified atom stereocenters. The number of hydrogen-bond donors (Lipinski definition) is 0. The van der Waals surface area contributed by atoms with E-state index in [1.54, 1.807) is 20.8 Å². The van der Waals surface area contributed by atoms with Crippen molar-refractivity contribution in [3.8, 4) is 0 Å². The lowest BCUT2D eigenvalue weighted by Gasteiger charge is -2.27. The van der Waals surface area contributed by atoms with Gasteiger partial charge in [0.25, 0.3) is 0 Å². The molecule has 20 heavy (non-hydrogen) atoms. The maximum Gasteiger partial charge on any atom is 0.424 e. The van der Waals surface area contributed by atoms with E-state index in [1.165, 1.54) is 0 Å². The van der Waals surface area contributed by atoms with Gasteiger partial charge in [0.05, 0.1) is 12.5 Å². The fourth-order valence-electron chi connectivity index (χ4n) is 1.82. The van der Waals surface area contributed by atoms with Crippen molar-refractivity contribution in [2.75, 3.05) is 6.54 Å². The SMILES string of the molecule is CC(C)(C)OC(=O)N1CC(Cc2ccccc2)=C([O-])O1. The number of carbonyl (C=O) groups excluding carboxylic acids is 1. The van der Waals surface area contributed by atoms with Crippen molar-refractivity contribution in [2.24, 2.45) is 0 Å². The molecule has 1 aliphatic heterocycles. The predicted molar refractivity (Wildman–Crippen MR) is 71.2 cm³/mol. The van der Waals surface area contributed by atoms with E-state index in [-0.39, 0.29) is 6.54 Å². The molecule has 0 saturated heterocycles. The van der Waals surface area contributed by atoms with Gasteiger partial charge in [-0.05, 0) is 38.3 Å². The Bertz CT molecular complexity index is 516. The summed E-state index contributed by atoms with van der Waals surface area (Å²) in [6.07, 6.45) is -0.173. The summed E-state index contributed by atoms with van der Waals surface area (Å²) in [6.45, 7) is 5.43. The van der Waals surface area contributed by atoms with Crippen LogP contribution in [0.3, 0.4) is 0 Å². The van der Waals surface area contributed by atoms with Gasteiger partial charge in [-0.1, -0.05) is 30.3 Å². The highest BCUT2D eigenvalue weighted by molar-refractivity contribution is 5.67. The lowest BCUT2D eigenvalue weighted by molar-refractivity contribution is -0.378. The van der Waals surface area contributed by atoms with E-state index in [4.69, 9.17) is 9.57 Å². The third-order valence-corrected chi connectivity index (χ3v) is 2.67. The molecule has 1 aromatic rings. The van der Waals surface area contributed by atoms with Crippen molar-refractivity contribution < 1.29 is 19.5 Å². The van der Waals surface area contributed by atoms with E-state index in [0.717, 1.165) is 10.6 Å². The molecule has 5 nitrogen and oxygen atoms in total. The molecule has 5 heteroatoms. The lowest BCUT2D eigenvalue weighted by atomic mass is 10.1. The Labute approximate surface area is 118 Å². The molecule has 0 aromatic heterocycles. The van der Waals surface area contributed by atoms with E-state index < -0.39 is 17.6 Å². The monoisotopic (exact) mass is 276 g/mol.